The van der Waals surface area contributed by atoms with Gasteiger partial charge in [-0.25, -0.2) is 9.37 Å². The normalized spacial score (nSPS) is 13.5. The van der Waals surface area contributed by atoms with Gasteiger partial charge in [0, 0.05) is 33.8 Å². The summed E-state index contributed by atoms with van der Waals surface area (Å²) < 4.78 is 13.8. The smallest absolute Gasteiger partial charge is 0.129 e. The van der Waals surface area contributed by atoms with E-state index in [1.54, 1.807) is 23.5 Å². The number of nitrogens with zero attached hydrogens (tertiary/aromatic N) is 1. The Balaban J connectivity index is 2.20. The predicted octanol–water partition coefficient (Wildman–Crippen LogP) is 4.48. The van der Waals surface area contributed by atoms with Crippen molar-refractivity contribution in [2.75, 3.05) is 0 Å². The standard InChI is InChI=1S/C15H18ClFN2S/c1-15(2,3)12-8-20-13(19-12)7-11(18)14-9(16)5-4-6-10(14)17/h4-6,8,11H,7,18H2,1-3H3. The summed E-state index contributed by atoms with van der Waals surface area (Å²) in [6, 6.07) is 4.13. The molecule has 0 radical (unpaired) electrons. The zero-order valence-corrected chi connectivity index (χ0v) is 13.4. The zero-order chi connectivity index (χ0) is 14.9. The van der Waals surface area contributed by atoms with E-state index in [0.29, 0.717) is 17.0 Å². The van der Waals surface area contributed by atoms with Crippen molar-refractivity contribution in [2.45, 2.75) is 38.6 Å². The van der Waals surface area contributed by atoms with Crippen LogP contribution in [0.15, 0.2) is 23.6 Å². The highest BCUT2D eigenvalue weighted by Crippen LogP contribution is 2.29. The van der Waals surface area contributed by atoms with Gasteiger partial charge in [0.2, 0.25) is 0 Å². The number of hydrogen-bond donors (Lipinski definition) is 1. The van der Waals surface area contributed by atoms with E-state index in [9.17, 15) is 4.39 Å². The van der Waals surface area contributed by atoms with Gasteiger partial charge in [-0.2, -0.15) is 0 Å². The summed E-state index contributed by atoms with van der Waals surface area (Å²) in [6.45, 7) is 6.33. The minimum absolute atomic E-state index is 0.00842. The highest BCUT2D eigenvalue weighted by atomic mass is 35.5. The summed E-state index contributed by atoms with van der Waals surface area (Å²) in [4.78, 5) is 4.58. The van der Waals surface area contributed by atoms with Crippen molar-refractivity contribution in [3.63, 3.8) is 0 Å². The highest BCUT2D eigenvalue weighted by Gasteiger charge is 2.20. The van der Waals surface area contributed by atoms with Crippen molar-refractivity contribution in [1.82, 2.24) is 4.98 Å². The fourth-order valence-corrected chi connectivity index (χ4v) is 3.29. The van der Waals surface area contributed by atoms with Crippen LogP contribution in [0, 0.1) is 5.82 Å². The topological polar surface area (TPSA) is 38.9 Å². The Bertz CT molecular complexity index is 584. The Hall–Kier alpha value is -0.970. The Kier molecular flexibility index (Phi) is 4.47. The number of thiazole rings is 1. The van der Waals surface area contributed by atoms with Crippen LogP contribution in [0.3, 0.4) is 0 Å². The van der Waals surface area contributed by atoms with Crippen molar-refractivity contribution in [1.29, 1.82) is 0 Å². The minimum Gasteiger partial charge on any atom is -0.323 e. The maximum absolute atomic E-state index is 13.8. The molecule has 0 saturated carbocycles. The number of rotatable bonds is 3. The predicted molar refractivity (Wildman–Crippen MR) is 82.9 cm³/mol. The SMILES string of the molecule is CC(C)(C)c1csc(CC(N)c2c(F)cccc2Cl)n1. The van der Waals surface area contributed by atoms with Gasteiger partial charge in [0.15, 0.2) is 0 Å². The van der Waals surface area contributed by atoms with E-state index in [0.717, 1.165) is 10.7 Å². The number of halogens is 2. The fourth-order valence-electron chi connectivity index (χ4n) is 1.90. The third kappa shape index (κ3) is 3.37. The van der Waals surface area contributed by atoms with Crippen LogP contribution in [0.1, 0.15) is 43.1 Å². The minimum atomic E-state index is -0.484. The zero-order valence-electron chi connectivity index (χ0n) is 11.8. The lowest BCUT2D eigenvalue weighted by molar-refractivity contribution is 0.563. The molecule has 1 atom stereocenters. The second kappa shape index (κ2) is 5.80. The average molecular weight is 313 g/mol. The first-order valence-electron chi connectivity index (χ1n) is 6.43. The fraction of sp³-hybridized carbons (Fsp3) is 0.400. The molecule has 1 unspecified atom stereocenters. The summed E-state index contributed by atoms with van der Waals surface area (Å²) >= 11 is 7.59. The van der Waals surface area contributed by atoms with E-state index in [2.05, 4.69) is 25.8 Å². The van der Waals surface area contributed by atoms with Crippen LogP contribution in [-0.4, -0.2) is 4.98 Å². The van der Waals surface area contributed by atoms with Gasteiger partial charge in [0.25, 0.3) is 0 Å². The molecule has 2 rings (SSSR count). The molecule has 20 heavy (non-hydrogen) atoms. The van der Waals surface area contributed by atoms with Crippen molar-refractivity contribution in [3.05, 3.63) is 50.7 Å². The monoisotopic (exact) mass is 312 g/mol. The van der Waals surface area contributed by atoms with Crippen molar-refractivity contribution in [3.8, 4) is 0 Å². The average Bonchev–Trinajstić information content (AvgIpc) is 2.76. The highest BCUT2D eigenvalue weighted by molar-refractivity contribution is 7.09. The molecule has 0 aliphatic carbocycles. The Labute approximate surface area is 127 Å². The van der Waals surface area contributed by atoms with E-state index >= 15 is 0 Å². The molecule has 0 fully saturated rings. The van der Waals surface area contributed by atoms with Crippen LogP contribution in [-0.2, 0) is 11.8 Å². The number of nitrogens with two attached hydrogens (primary N) is 1. The Morgan fingerprint density at radius 1 is 1.40 bits per heavy atom. The number of hydrogen-bond acceptors (Lipinski definition) is 3. The number of aromatic nitrogens is 1. The lowest BCUT2D eigenvalue weighted by Gasteiger charge is -2.15. The van der Waals surface area contributed by atoms with Crippen molar-refractivity contribution >= 4 is 22.9 Å². The van der Waals surface area contributed by atoms with Gasteiger partial charge in [0.05, 0.1) is 10.7 Å². The van der Waals surface area contributed by atoms with Gasteiger partial charge in [0.1, 0.15) is 5.82 Å². The third-order valence-electron chi connectivity index (χ3n) is 3.09. The van der Waals surface area contributed by atoms with E-state index in [-0.39, 0.29) is 11.2 Å². The van der Waals surface area contributed by atoms with Gasteiger partial charge >= 0.3 is 0 Å². The first kappa shape index (κ1) is 15.4. The molecule has 2 N–H and O–H groups in total. The molecule has 5 heteroatoms. The first-order valence-corrected chi connectivity index (χ1v) is 7.69. The van der Waals surface area contributed by atoms with Crippen LogP contribution >= 0.6 is 22.9 Å². The largest absolute Gasteiger partial charge is 0.323 e. The van der Waals surface area contributed by atoms with Crippen molar-refractivity contribution < 1.29 is 4.39 Å². The molecule has 108 valence electrons. The summed E-state index contributed by atoms with van der Waals surface area (Å²) in [5, 5.41) is 3.30. The van der Waals surface area contributed by atoms with Crippen LogP contribution < -0.4 is 5.73 Å². The molecule has 0 saturated heterocycles. The molecule has 0 spiro atoms. The Morgan fingerprint density at radius 2 is 2.10 bits per heavy atom. The lowest BCUT2D eigenvalue weighted by atomic mass is 9.93. The quantitative estimate of drug-likeness (QED) is 0.907. The molecule has 2 aromatic rings. The summed E-state index contributed by atoms with van der Waals surface area (Å²) in [5.74, 6) is -0.363. The first-order chi connectivity index (χ1) is 9.29. The van der Waals surface area contributed by atoms with E-state index < -0.39 is 6.04 Å². The molecule has 1 aromatic carbocycles. The van der Waals surface area contributed by atoms with Crippen molar-refractivity contribution in [2.24, 2.45) is 5.73 Å². The molecule has 0 bridgehead atoms. The molecule has 0 amide bonds. The van der Waals surface area contributed by atoms with Crippen LogP contribution in [0.5, 0.6) is 0 Å². The van der Waals surface area contributed by atoms with Gasteiger partial charge < -0.3 is 5.73 Å². The molecule has 0 aliphatic rings. The molecular weight excluding hydrogens is 295 g/mol. The molecule has 0 aliphatic heterocycles. The van der Waals surface area contributed by atoms with Crippen LogP contribution in [0.25, 0.3) is 0 Å². The van der Waals surface area contributed by atoms with E-state index in [4.69, 9.17) is 17.3 Å². The van der Waals surface area contributed by atoms with Gasteiger partial charge in [-0.3, -0.25) is 0 Å². The van der Waals surface area contributed by atoms with Gasteiger partial charge in [-0.15, -0.1) is 11.3 Å². The second-order valence-electron chi connectivity index (χ2n) is 5.82. The number of benzene rings is 1. The van der Waals surface area contributed by atoms with Gasteiger partial charge in [-0.1, -0.05) is 38.4 Å². The van der Waals surface area contributed by atoms with Crippen LogP contribution in [0.2, 0.25) is 5.02 Å². The third-order valence-corrected chi connectivity index (χ3v) is 4.29. The summed E-state index contributed by atoms with van der Waals surface area (Å²) in [6.07, 6.45) is 0.488. The molecule has 2 nitrogen and oxygen atoms in total. The lowest BCUT2D eigenvalue weighted by Crippen LogP contribution is -2.16. The molecule has 1 heterocycles. The van der Waals surface area contributed by atoms with Crippen LogP contribution in [0.4, 0.5) is 4.39 Å². The van der Waals surface area contributed by atoms with E-state index in [1.165, 1.54) is 6.07 Å². The summed E-state index contributed by atoms with van der Waals surface area (Å²) in [5.41, 5.74) is 7.49. The molecule has 1 aromatic heterocycles. The second-order valence-corrected chi connectivity index (χ2v) is 7.17. The Morgan fingerprint density at radius 3 is 2.65 bits per heavy atom. The van der Waals surface area contributed by atoms with E-state index in [1.807, 2.05) is 5.38 Å². The maximum Gasteiger partial charge on any atom is 0.129 e. The van der Waals surface area contributed by atoms with Gasteiger partial charge in [-0.05, 0) is 12.1 Å². The summed E-state index contributed by atoms with van der Waals surface area (Å²) in [7, 11) is 0. The molecular formula is C15H18ClFN2S. The maximum atomic E-state index is 13.8.